The van der Waals surface area contributed by atoms with Crippen molar-refractivity contribution in [3.05, 3.63) is 66.4 Å². The van der Waals surface area contributed by atoms with E-state index in [0.717, 1.165) is 48.9 Å². The summed E-state index contributed by atoms with van der Waals surface area (Å²) in [6.07, 6.45) is 1.74. The van der Waals surface area contributed by atoms with E-state index >= 15 is 0 Å². The fourth-order valence-electron chi connectivity index (χ4n) is 3.54. The second-order valence-electron chi connectivity index (χ2n) is 7.14. The van der Waals surface area contributed by atoms with Gasteiger partial charge in [0.1, 0.15) is 5.82 Å². The molecule has 0 saturated carbocycles. The quantitative estimate of drug-likeness (QED) is 0.455. The van der Waals surface area contributed by atoms with Crippen molar-refractivity contribution in [2.24, 2.45) is 0 Å². The summed E-state index contributed by atoms with van der Waals surface area (Å²) in [4.78, 5) is 11.6. The highest BCUT2D eigenvalue weighted by Crippen LogP contribution is 2.25. The van der Waals surface area contributed by atoms with Crippen LogP contribution in [-0.4, -0.2) is 46.5 Å². The van der Waals surface area contributed by atoms with Crippen LogP contribution >= 0.6 is 0 Å². The SMILES string of the molecule is c1ccc(CNc2nc(Nc3cccc(N4CCOCC4)c3)nc3[nH]ncc23)cc1. The minimum atomic E-state index is 0.515. The molecular weight excluding hydrogens is 378 g/mol. The molecule has 152 valence electrons. The maximum atomic E-state index is 5.45. The Kier molecular flexibility index (Phi) is 5.14. The molecule has 3 N–H and O–H groups in total. The van der Waals surface area contributed by atoms with Gasteiger partial charge in [0.25, 0.3) is 0 Å². The molecule has 0 unspecified atom stereocenters. The number of morpholine rings is 1. The number of aromatic amines is 1. The summed E-state index contributed by atoms with van der Waals surface area (Å²) in [5.41, 5.74) is 3.97. The van der Waals surface area contributed by atoms with Gasteiger partial charge in [0, 0.05) is 31.0 Å². The van der Waals surface area contributed by atoms with Crippen molar-refractivity contribution >= 4 is 34.2 Å². The fourth-order valence-corrected chi connectivity index (χ4v) is 3.54. The van der Waals surface area contributed by atoms with Gasteiger partial charge < -0.3 is 20.3 Å². The second kappa shape index (κ2) is 8.38. The summed E-state index contributed by atoms with van der Waals surface area (Å²) in [6.45, 7) is 3.98. The van der Waals surface area contributed by atoms with Crippen LogP contribution in [0.3, 0.4) is 0 Å². The molecule has 0 radical (unpaired) electrons. The van der Waals surface area contributed by atoms with Gasteiger partial charge in [0.15, 0.2) is 5.65 Å². The van der Waals surface area contributed by atoms with Crippen LogP contribution in [0.5, 0.6) is 0 Å². The highest BCUT2D eigenvalue weighted by atomic mass is 16.5. The number of benzene rings is 2. The standard InChI is InChI=1S/C22H23N7O/c1-2-5-16(6-3-1)14-23-20-19-15-24-28-21(19)27-22(26-20)25-17-7-4-8-18(13-17)29-9-11-30-12-10-29/h1-8,13,15H,9-12,14H2,(H3,23,24,25,26,27,28). The van der Waals surface area contributed by atoms with E-state index in [1.54, 1.807) is 6.20 Å². The highest BCUT2D eigenvalue weighted by molar-refractivity contribution is 5.87. The lowest BCUT2D eigenvalue weighted by atomic mass is 10.2. The minimum Gasteiger partial charge on any atom is -0.378 e. The first-order valence-corrected chi connectivity index (χ1v) is 10.0. The molecule has 0 aliphatic carbocycles. The Bertz CT molecular complexity index is 1120. The maximum absolute atomic E-state index is 5.45. The first-order valence-electron chi connectivity index (χ1n) is 10.0. The zero-order valence-electron chi connectivity index (χ0n) is 16.5. The Morgan fingerprint density at radius 3 is 2.73 bits per heavy atom. The summed E-state index contributed by atoms with van der Waals surface area (Å²) < 4.78 is 5.45. The van der Waals surface area contributed by atoms with E-state index in [2.05, 4.69) is 55.0 Å². The van der Waals surface area contributed by atoms with Crippen molar-refractivity contribution < 1.29 is 4.74 Å². The zero-order valence-corrected chi connectivity index (χ0v) is 16.5. The molecule has 2 aromatic heterocycles. The summed E-state index contributed by atoms with van der Waals surface area (Å²) in [5, 5.41) is 14.7. The Labute approximate surface area is 174 Å². The fraction of sp³-hybridized carbons (Fsp3) is 0.227. The third-order valence-corrected chi connectivity index (χ3v) is 5.09. The van der Waals surface area contributed by atoms with Crippen LogP contribution in [0.1, 0.15) is 5.56 Å². The molecule has 1 aliphatic rings. The normalized spacial score (nSPS) is 14.1. The second-order valence-corrected chi connectivity index (χ2v) is 7.14. The van der Waals surface area contributed by atoms with Gasteiger partial charge in [-0.2, -0.15) is 15.1 Å². The third-order valence-electron chi connectivity index (χ3n) is 5.09. The first-order chi connectivity index (χ1) is 14.8. The number of nitrogens with one attached hydrogen (secondary N) is 3. The molecule has 0 bridgehead atoms. The predicted molar refractivity (Wildman–Crippen MR) is 118 cm³/mol. The van der Waals surface area contributed by atoms with E-state index in [4.69, 9.17) is 9.72 Å². The van der Waals surface area contributed by atoms with Crippen LogP contribution < -0.4 is 15.5 Å². The predicted octanol–water partition coefficient (Wildman–Crippen LogP) is 3.55. The molecular formula is C22H23N7O. The average molecular weight is 401 g/mol. The van der Waals surface area contributed by atoms with Gasteiger partial charge in [-0.15, -0.1) is 0 Å². The topological polar surface area (TPSA) is 91.0 Å². The number of hydrogen-bond donors (Lipinski definition) is 3. The molecule has 0 amide bonds. The molecule has 8 nitrogen and oxygen atoms in total. The Morgan fingerprint density at radius 1 is 1.00 bits per heavy atom. The van der Waals surface area contributed by atoms with Gasteiger partial charge in [-0.05, 0) is 23.8 Å². The van der Waals surface area contributed by atoms with E-state index in [9.17, 15) is 0 Å². The molecule has 4 aromatic rings. The number of aromatic nitrogens is 4. The summed E-state index contributed by atoms with van der Waals surface area (Å²) in [7, 11) is 0. The van der Waals surface area contributed by atoms with Crippen molar-refractivity contribution in [2.75, 3.05) is 41.8 Å². The van der Waals surface area contributed by atoms with Gasteiger partial charge in [-0.1, -0.05) is 36.4 Å². The van der Waals surface area contributed by atoms with Crippen LogP contribution in [0.4, 0.5) is 23.1 Å². The maximum Gasteiger partial charge on any atom is 0.231 e. The van der Waals surface area contributed by atoms with Crippen LogP contribution in [0.25, 0.3) is 11.0 Å². The van der Waals surface area contributed by atoms with Gasteiger partial charge in [-0.25, -0.2) is 0 Å². The van der Waals surface area contributed by atoms with Crippen molar-refractivity contribution in [1.82, 2.24) is 20.2 Å². The number of H-pyrrole nitrogens is 1. The Morgan fingerprint density at radius 2 is 1.87 bits per heavy atom. The van der Waals surface area contributed by atoms with Gasteiger partial charge >= 0.3 is 0 Å². The lowest BCUT2D eigenvalue weighted by molar-refractivity contribution is 0.122. The first kappa shape index (κ1) is 18.4. The van der Waals surface area contributed by atoms with E-state index in [-0.39, 0.29) is 0 Å². The number of anilines is 4. The highest BCUT2D eigenvalue weighted by Gasteiger charge is 2.13. The molecule has 2 aromatic carbocycles. The molecule has 1 aliphatic heterocycles. The van der Waals surface area contributed by atoms with Crippen LogP contribution in [0.2, 0.25) is 0 Å². The van der Waals surface area contributed by atoms with E-state index in [1.807, 2.05) is 30.3 Å². The summed E-state index contributed by atoms with van der Waals surface area (Å²) >= 11 is 0. The third kappa shape index (κ3) is 4.04. The Hall–Kier alpha value is -3.65. The van der Waals surface area contributed by atoms with E-state index in [0.29, 0.717) is 18.1 Å². The molecule has 1 fully saturated rings. The van der Waals surface area contributed by atoms with Gasteiger partial charge in [0.2, 0.25) is 5.95 Å². The number of hydrogen-bond acceptors (Lipinski definition) is 7. The van der Waals surface area contributed by atoms with E-state index < -0.39 is 0 Å². The lowest BCUT2D eigenvalue weighted by Crippen LogP contribution is -2.36. The minimum absolute atomic E-state index is 0.515. The molecule has 1 saturated heterocycles. The number of nitrogens with zero attached hydrogens (tertiary/aromatic N) is 4. The van der Waals surface area contributed by atoms with Crippen LogP contribution in [0, 0.1) is 0 Å². The van der Waals surface area contributed by atoms with Crippen molar-refractivity contribution in [3.63, 3.8) is 0 Å². The van der Waals surface area contributed by atoms with Crippen molar-refractivity contribution in [2.45, 2.75) is 6.54 Å². The molecule has 3 heterocycles. The number of ether oxygens (including phenoxy) is 1. The number of rotatable bonds is 6. The molecule has 0 atom stereocenters. The largest absolute Gasteiger partial charge is 0.378 e. The smallest absolute Gasteiger partial charge is 0.231 e. The Balaban J connectivity index is 1.38. The lowest BCUT2D eigenvalue weighted by Gasteiger charge is -2.29. The monoisotopic (exact) mass is 401 g/mol. The zero-order chi connectivity index (χ0) is 20.2. The summed E-state index contributed by atoms with van der Waals surface area (Å²) in [6, 6.07) is 18.5. The average Bonchev–Trinajstić information content (AvgIpc) is 3.28. The van der Waals surface area contributed by atoms with Crippen LogP contribution in [-0.2, 0) is 11.3 Å². The van der Waals surface area contributed by atoms with Gasteiger partial charge in [-0.3, -0.25) is 5.10 Å². The van der Waals surface area contributed by atoms with Crippen molar-refractivity contribution in [1.29, 1.82) is 0 Å². The molecule has 0 spiro atoms. The summed E-state index contributed by atoms with van der Waals surface area (Å²) in [5.74, 6) is 1.26. The molecule has 30 heavy (non-hydrogen) atoms. The molecule has 5 rings (SSSR count). The van der Waals surface area contributed by atoms with Crippen molar-refractivity contribution in [3.8, 4) is 0 Å². The molecule has 8 heteroatoms. The van der Waals surface area contributed by atoms with E-state index in [1.165, 1.54) is 5.56 Å². The van der Waals surface area contributed by atoms with Gasteiger partial charge in [0.05, 0.1) is 24.8 Å². The van der Waals surface area contributed by atoms with Crippen LogP contribution in [0.15, 0.2) is 60.8 Å². The number of fused-ring (bicyclic) bond motifs is 1.